The Morgan fingerprint density at radius 3 is 2.23 bits per heavy atom. The van der Waals surface area contributed by atoms with Gasteiger partial charge < -0.3 is 20.3 Å². The fraction of sp³-hybridized carbons (Fsp3) is 0.452. The van der Waals surface area contributed by atoms with E-state index in [0.29, 0.717) is 28.3 Å². The molecule has 2 aromatic rings. The molecular formula is C31H40ClN3O4. The number of nitrogens with zero attached hydrogens (tertiary/aromatic N) is 1. The van der Waals surface area contributed by atoms with Crippen molar-refractivity contribution in [3.05, 3.63) is 64.2 Å². The molecule has 0 saturated heterocycles. The first kappa shape index (κ1) is 31.7. The third-order valence-electron chi connectivity index (χ3n) is 5.91. The summed E-state index contributed by atoms with van der Waals surface area (Å²) in [6.45, 7) is 14.6. The second-order valence-electron chi connectivity index (χ2n) is 11.2. The fourth-order valence-electron chi connectivity index (χ4n) is 4.27. The highest BCUT2D eigenvalue weighted by atomic mass is 35.5. The topological polar surface area (TPSA) is 87.7 Å². The van der Waals surface area contributed by atoms with Gasteiger partial charge in [0.1, 0.15) is 17.7 Å². The summed E-state index contributed by atoms with van der Waals surface area (Å²) < 4.78 is 5.43. The van der Waals surface area contributed by atoms with Crippen LogP contribution in [0.15, 0.2) is 42.5 Å². The fourth-order valence-corrected chi connectivity index (χ4v) is 4.54. The maximum atomic E-state index is 14.2. The minimum Gasteiger partial charge on any atom is -0.444 e. The van der Waals surface area contributed by atoms with Gasteiger partial charge >= 0.3 is 6.09 Å². The van der Waals surface area contributed by atoms with E-state index in [4.69, 9.17) is 22.8 Å². The number of anilines is 1. The number of terminal acetylenes is 1. The van der Waals surface area contributed by atoms with Gasteiger partial charge in [-0.05, 0) is 77.1 Å². The lowest BCUT2D eigenvalue weighted by atomic mass is 9.95. The number of carbonyl (C=O) groups excluding carboxylic acids is 3. The third kappa shape index (κ3) is 8.76. The van der Waals surface area contributed by atoms with Crippen molar-refractivity contribution in [2.24, 2.45) is 5.92 Å². The van der Waals surface area contributed by atoms with Gasteiger partial charge in [0.15, 0.2) is 0 Å². The van der Waals surface area contributed by atoms with Crippen molar-refractivity contribution in [2.75, 3.05) is 5.32 Å². The van der Waals surface area contributed by atoms with E-state index in [1.807, 2.05) is 40.7 Å². The highest BCUT2D eigenvalue weighted by Gasteiger charge is 2.39. The van der Waals surface area contributed by atoms with Gasteiger partial charge in [0.05, 0.1) is 10.7 Å². The number of hydrogen-bond acceptors (Lipinski definition) is 4. The van der Waals surface area contributed by atoms with E-state index >= 15 is 0 Å². The Hall–Kier alpha value is -3.50. The van der Waals surface area contributed by atoms with Gasteiger partial charge in [-0.15, -0.1) is 6.42 Å². The van der Waals surface area contributed by atoms with Crippen LogP contribution in [0, 0.1) is 25.2 Å². The van der Waals surface area contributed by atoms with Gasteiger partial charge in [-0.2, -0.15) is 0 Å². The Bertz CT molecular complexity index is 1210. The summed E-state index contributed by atoms with van der Waals surface area (Å²) in [5.74, 6) is 1.81. The molecule has 3 amide bonds. The molecule has 0 saturated carbocycles. The average molecular weight is 554 g/mol. The summed E-state index contributed by atoms with van der Waals surface area (Å²) in [7, 11) is 0. The van der Waals surface area contributed by atoms with Crippen LogP contribution in [-0.2, 0) is 14.3 Å². The molecule has 0 fully saturated rings. The van der Waals surface area contributed by atoms with E-state index in [2.05, 4.69) is 16.6 Å². The molecule has 7 nitrogen and oxygen atoms in total. The molecule has 0 aliphatic heterocycles. The number of hydrogen-bond donors (Lipinski definition) is 2. The molecule has 39 heavy (non-hydrogen) atoms. The second kappa shape index (κ2) is 13.5. The highest BCUT2D eigenvalue weighted by Crippen LogP contribution is 2.32. The number of benzene rings is 2. The normalized spacial score (nSPS) is 12.9. The molecule has 0 spiro atoms. The minimum atomic E-state index is -1.10. The molecule has 0 heterocycles. The monoisotopic (exact) mass is 553 g/mol. The number of para-hydroxylation sites is 1. The lowest BCUT2D eigenvalue weighted by Crippen LogP contribution is -2.54. The maximum Gasteiger partial charge on any atom is 0.408 e. The molecule has 0 aromatic heterocycles. The van der Waals surface area contributed by atoms with E-state index in [-0.39, 0.29) is 5.92 Å². The van der Waals surface area contributed by atoms with Crippen molar-refractivity contribution in [3.63, 3.8) is 0 Å². The van der Waals surface area contributed by atoms with Crippen molar-refractivity contribution < 1.29 is 19.1 Å². The Balaban J connectivity index is 2.63. The number of alkyl carbamates (subject to hydrolysis) is 1. The van der Waals surface area contributed by atoms with Crippen LogP contribution in [-0.4, -0.2) is 40.5 Å². The van der Waals surface area contributed by atoms with E-state index in [1.165, 1.54) is 4.90 Å². The summed E-state index contributed by atoms with van der Waals surface area (Å²) in [6.07, 6.45) is 5.45. The first-order chi connectivity index (χ1) is 18.2. The van der Waals surface area contributed by atoms with Gasteiger partial charge in [0.25, 0.3) is 5.91 Å². The summed E-state index contributed by atoms with van der Waals surface area (Å²) in [5, 5.41) is 6.04. The van der Waals surface area contributed by atoms with E-state index in [0.717, 1.165) is 5.56 Å². The number of halogens is 1. The maximum absolute atomic E-state index is 14.2. The molecule has 2 rings (SSSR count). The summed E-state index contributed by atoms with van der Waals surface area (Å²) >= 11 is 6.42. The Kier molecular flexibility index (Phi) is 11.0. The van der Waals surface area contributed by atoms with Gasteiger partial charge in [0.2, 0.25) is 5.91 Å². The summed E-state index contributed by atoms with van der Waals surface area (Å²) in [5.41, 5.74) is 1.45. The van der Waals surface area contributed by atoms with Crippen LogP contribution in [0.1, 0.15) is 77.6 Å². The zero-order valence-electron chi connectivity index (χ0n) is 24.1. The number of ether oxygens (including phenoxy) is 1. The van der Waals surface area contributed by atoms with Crippen LogP contribution in [0.4, 0.5) is 10.5 Å². The van der Waals surface area contributed by atoms with Crippen LogP contribution in [0.3, 0.4) is 0 Å². The lowest BCUT2D eigenvalue weighted by Gasteiger charge is -2.38. The molecule has 2 atom stereocenters. The number of rotatable bonds is 9. The molecule has 0 bridgehead atoms. The van der Waals surface area contributed by atoms with Crippen LogP contribution in [0.25, 0.3) is 0 Å². The van der Waals surface area contributed by atoms with Crippen LogP contribution in [0.2, 0.25) is 5.02 Å². The number of nitrogens with one attached hydrogen (secondary N) is 2. The molecule has 0 aliphatic carbocycles. The Labute approximate surface area is 237 Å². The number of carbonyl (C=O) groups is 3. The van der Waals surface area contributed by atoms with E-state index in [9.17, 15) is 14.4 Å². The lowest BCUT2D eigenvalue weighted by molar-refractivity contribution is -0.143. The van der Waals surface area contributed by atoms with Crippen molar-refractivity contribution >= 4 is 35.2 Å². The van der Waals surface area contributed by atoms with Gasteiger partial charge in [-0.1, -0.05) is 61.7 Å². The molecule has 0 aliphatic rings. The molecule has 2 N–H and O–H groups in total. The van der Waals surface area contributed by atoms with Gasteiger partial charge in [0, 0.05) is 11.6 Å². The van der Waals surface area contributed by atoms with Crippen molar-refractivity contribution in [2.45, 2.75) is 85.5 Å². The SMILES string of the molecule is C#Cc1ccccc1C(C(=O)Nc1c(C)cccc1Cl)N(C(=O)C(CC(C)C)NC(=O)OC(C)(C)C)C(C)C. The largest absolute Gasteiger partial charge is 0.444 e. The van der Waals surface area contributed by atoms with Crippen molar-refractivity contribution in [1.29, 1.82) is 0 Å². The first-order valence-corrected chi connectivity index (χ1v) is 13.5. The van der Waals surface area contributed by atoms with Crippen LogP contribution < -0.4 is 10.6 Å². The molecule has 2 unspecified atom stereocenters. The van der Waals surface area contributed by atoms with Crippen LogP contribution in [0.5, 0.6) is 0 Å². The molecule has 2 aromatic carbocycles. The Morgan fingerprint density at radius 2 is 1.69 bits per heavy atom. The van der Waals surface area contributed by atoms with Crippen LogP contribution >= 0.6 is 11.6 Å². The Morgan fingerprint density at radius 1 is 1.05 bits per heavy atom. The number of aryl methyl sites for hydroxylation is 1. The quantitative estimate of drug-likeness (QED) is 0.348. The predicted molar refractivity (Wildman–Crippen MR) is 157 cm³/mol. The third-order valence-corrected chi connectivity index (χ3v) is 6.23. The van der Waals surface area contributed by atoms with Gasteiger partial charge in [-0.3, -0.25) is 9.59 Å². The van der Waals surface area contributed by atoms with Crippen molar-refractivity contribution in [3.8, 4) is 12.3 Å². The standard InChI is InChI=1S/C31H40ClN3O4/c1-10-22-15-11-12-16-23(22)27(28(36)34-26-21(6)14-13-17-24(26)32)35(20(4)5)29(37)25(18-19(2)3)33-30(38)39-31(7,8)9/h1,11-17,19-20,25,27H,18H2,2-9H3,(H,33,38)(H,34,36). The smallest absolute Gasteiger partial charge is 0.408 e. The predicted octanol–water partition coefficient (Wildman–Crippen LogP) is 6.49. The summed E-state index contributed by atoms with van der Waals surface area (Å²) in [6, 6.07) is 9.86. The average Bonchev–Trinajstić information content (AvgIpc) is 2.82. The molecule has 8 heteroatoms. The first-order valence-electron chi connectivity index (χ1n) is 13.1. The highest BCUT2D eigenvalue weighted by molar-refractivity contribution is 6.34. The number of amides is 3. The molecule has 210 valence electrons. The van der Waals surface area contributed by atoms with E-state index < -0.39 is 41.6 Å². The van der Waals surface area contributed by atoms with Crippen molar-refractivity contribution in [1.82, 2.24) is 10.2 Å². The second-order valence-corrected chi connectivity index (χ2v) is 11.6. The van der Waals surface area contributed by atoms with E-state index in [1.54, 1.807) is 57.2 Å². The zero-order valence-corrected chi connectivity index (χ0v) is 24.8. The minimum absolute atomic E-state index is 0.0685. The summed E-state index contributed by atoms with van der Waals surface area (Å²) in [4.78, 5) is 42.5. The molecular weight excluding hydrogens is 514 g/mol. The van der Waals surface area contributed by atoms with Gasteiger partial charge in [-0.25, -0.2) is 4.79 Å². The molecule has 0 radical (unpaired) electrons. The zero-order chi connectivity index (χ0) is 29.5.